The second-order valence-electron chi connectivity index (χ2n) is 4.77. The smallest absolute Gasteiger partial charge is 0.281 e. The predicted octanol–water partition coefficient (Wildman–Crippen LogP) is 0.895. The highest BCUT2D eigenvalue weighted by atomic mass is 32.2. The molecule has 0 aromatic rings. The van der Waals surface area contributed by atoms with Gasteiger partial charge < -0.3 is 5.32 Å². The molecular weight excluding hydrogens is 250 g/mol. The average Bonchev–Trinajstić information content (AvgIpc) is 2.38. The summed E-state index contributed by atoms with van der Waals surface area (Å²) in [5.74, 6) is 0.448. The Balaban J connectivity index is 2.65. The molecule has 0 aromatic carbocycles. The van der Waals surface area contributed by atoms with Gasteiger partial charge in [-0.1, -0.05) is 20.8 Å². The molecule has 1 N–H and O–H groups in total. The maximum Gasteiger partial charge on any atom is 0.281 e. The van der Waals surface area contributed by atoms with E-state index in [4.69, 9.17) is 0 Å². The summed E-state index contributed by atoms with van der Waals surface area (Å²) in [7, 11) is -3.24. The Morgan fingerprint density at radius 3 is 2.50 bits per heavy atom. The number of nitrogens with one attached hydrogen (secondary N) is 1. The molecule has 0 amide bonds. The molecule has 0 saturated carbocycles. The highest BCUT2D eigenvalue weighted by molar-refractivity contribution is 7.86. The predicted molar refractivity (Wildman–Crippen MR) is 74.7 cm³/mol. The fourth-order valence-corrected chi connectivity index (χ4v) is 4.20. The van der Waals surface area contributed by atoms with Gasteiger partial charge in [-0.2, -0.15) is 17.0 Å². The van der Waals surface area contributed by atoms with Gasteiger partial charge in [-0.05, 0) is 31.8 Å². The van der Waals surface area contributed by atoms with Crippen molar-refractivity contribution in [1.82, 2.24) is 13.9 Å². The van der Waals surface area contributed by atoms with E-state index in [-0.39, 0.29) is 0 Å². The van der Waals surface area contributed by atoms with E-state index in [0.29, 0.717) is 32.1 Å². The Labute approximate surface area is 112 Å². The molecule has 0 aliphatic carbocycles. The normalized spacial score (nSPS) is 22.6. The monoisotopic (exact) mass is 277 g/mol. The molecule has 1 aliphatic rings. The van der Waals surface area contributed by atoms with Gasteiger partial charge in [-0.3, -0.25) is 0 Å². The minimum atomic E-state index is -3.24. The van der Waals surface area contributed by atoms with Crippen LogP contribution in [0.25, 0.3) is 0 Å². The van der Waals surface area contributed by atoms with E-state index in [2.05, 4.69) is 12.2 Å². The molecule has 1 fully saturated rings. The van der Waals surface area contributed by atoms with E-state index in [1.165, 1.54) is 0 Å². The summed E-state index contributed by atoms with van der Waals surface area (Å²) in [4.78, 5) is 0. The first kappa shape index (κ1) is 15.9. The number of rotatable bonds is 7. The van der Waals surface area contributed by atoms with Crippen molar-refractivity contribution in [3.8, 4) is 0 Å². The topological polar surface area (TPSA) is 52.7 Å². The van der Waals surface area contributed by atoms with Crippen molar-refractivity contribution in [3.05, 3.63) is 0 Å². The molecule has 0 radical (unpaired) electrons. The molecule has 1 unspecified atom stereocenters. The van der Waals surface area contributed by atoms with Crippen molar-refractivity contribution in [3.63, 3.8) is 0 Å². The molecule has 1 saturated heterocycles. The molecule has 1 atom stereocenters. The van der Waals surface area contributed by atoms with Crippen LogP contribution in [0, 0.1) is 5.92 Å². The van der Waals surface area contributed by atoms with Crippen LogP contribution in [0.3, 0.4) is 0 Å². The Morgan fingerprint density at radius 2 is 1.94 bits per heavy atom. The summed E-state index contributed by atoms with van der Waals surface area (Å²) in [6.07, 6.45) is 2.09. The molecule has 1 heterocycles. The van der Waals surface area contributed by atoms with Crippen LogP contribution in [0.4, 0.5) is 0 Å². The second-order valence-corrected chi connectivity index (χ2v) is 6.69. The fourth-order valence-electron chi connectivity index (χ4n) is 2.46. The highest BCUT2D eigenvalue weighted by Gasteiger charge is 2.31. The standard InChI is InChI=1S/C12H27N3O2S/c1-4-13-10-12-8-7-9-15(11-12)18(16,17)14(5-2)6-3/h12-13H,4-11H2,1-3H3. The van der Waals surface area contributed by atoms with Gasteiger partial charge in [-0.25, -0.2) is 0 Å². The molecule has 6 heteroatoms. The lowest BCUT2D eigenvalue weighted by Crippen LogP contribution is -2.49. The first-order chi connectivity index (χ1) is 8.56. The Bertz CT molecular complexity index is 328. The van der Waals surface area contributed by atoms with Crippen LogP contribution < -0.4 is 5.32 Å². The van der Waals surface area contributed by atoms with Crippen LogP contribution in [0.15, 0.2) is 0 Å². The van der Waals surface area contributed by atoms with Crippen molar-refractivity contribution in [2.24, 2.45) is 5.92 Å². The van der Waals surface area contributed by atoms with Gasteiger partial charge in [0.25, 0.3) is 10.2 Å². The minimum absolute atomic E-state index is 0.448. The third-order valence-electron chi connectivity index (χ3n) is 3.52. The Kier molecular flexibility index (Phi) is 6.55. The van der Waals surface area contributed by atoms with Crippen LogP contribution >= 0.6 is 0 Å². The first-order valence-corrected chi connectivity index (χ1v) is 8.41. The maximum absolute atomic E-state index is 12.4. The van der Waals surface area contributed by atoms with Crippen LogP contribution in [0.2, 0.25) is 0 Å². The van der Waals surface area contributed by atoms with Crippen LogP contribution in [-0.4, -0.2) is 56.3 Å². The molecule has 1 aliphatic heterocycles. The zero-order chi connectivity index (χ0) is 13.6. The summed E-state index contributed by atoms with van der Waals surface area (Å²) in [6.45, 7) is 10.1. The maximum atomic E-state index is 12.4. The summed E-state index contributed by atoms with van der Waals surface area (Å²) in [5.41, 5.74) is 0. The third kappa shape index (κ3) is 3.91. The van der Waals surface area contributed by atoms with Crippen LogP contribution in [0.1, 0.15) is 33.6 Å². The van der Waals surface area contributed by atoms with Gasteiger partial charge in [-0.15, -0.1) is 0 Å². The van der Waals surface area contributed by atoms with E-state index in [9.17, 15) is 8.42 Å². The van der Waals surface area contributed by atoms with E-state index in [0.717, 1.165) is 25.9 Å². The van der Waals surface area contributed by atoms with Crippen molar-refractivity contribution < 1.29 is 8.42 Å². The van der Waals surface area contributed by atoms with Crippen LogP contribution in [-0.2, 0) is 10.2 Å². The molecule has 108 valence electrons. The summed E-state index contributed by atoms with van der Waals surface area (Å²) >= 11 is 0. The van der Waals surface area contributed by atoms with E-state index in [1.54, 1.807) is 8.61 Å². The lowest BCUT2D eigenvalue weighted by atomic mass is 10.00. The van der Waals surface area contributed by atoms with Gasteiger partial charge >= 0.3 is 0 Å². The molecule has 5 nitrogen and oxygen atoms in total. The largest absolute Gasteiger partial charge is 0.317 e. The second kappa shape index (κ2) is 7.43. The molecule has 0 spiro atoms. The zero-order valence-electron chi connectivity index (χ0n) is 11.9. The first-order valence-electron chi connectivity index (χ1n) is 7.02. The lowest BCUT2D eigenvalue weighted by Gasteiger charge is -2.35. The molecule has 0 bridgehead atoms. The van der Waals surface area contributed by atoms with Gasteiger partial charge in [0.05, 0.1) is 0 Å². The van der Waals surface area contributed by atoms with Crippen molar-refractivity contribution in [2.45, 2.75) is 33.6 Å². The molecule has 18 heavy (non-hydrogen) atoms. The van der Waals surface area contributed by atoms with Crippen molar-refractivity contribution >= 4 is 10.2 Å². The lowest BCUT2D eigenvalue weighted by molar-refractivity contribution is 0.245. The molecule has 1 rings (SSSR count). The van der Waals surface area contributed by atoms with Crippen LogP contribution in [0.5, 0.6) is 0 Å². The number of piperidine rings is 1. The number of nitrogens with zero attached hydrogens (tertiary/aromatic N) is 2. The van der Waals surface area contributed by atoms with Gasteiger partial charge in [0.2, 0.25) is 0 Å². The summed E-state index contributed by atoms with van der Waals surface area (Å²) in [5, 5.41) is 3.31. The average molecular weight is 277 g/mol. The molecular formula is C12H27N3O2S. The van der Waals surface area contributed by atoms with Crippen molar-refractivity contribution in [1.29, 1.82) is 0 Å². The van der Waals surface area contributed by atoms with E-state index < -0.39 is 10.2 Å². The summed E-state index contributed by atoms with van der Waals surface area (Å²) < 4.78 is 28.0. The zero-order valence-corrected chi connectivity index (χ0v) is 12.7. The Morgan fingerprint density at radius 1 is 1.28 bits per heavy atom. The van der Waals surface area contributed by atoms with E-state index in [1.807, 2.05) is 13.8 Å². The van der Waals surface area contributed by atoms with Crippen molar-refractivity contribution in [2.75, 3.05) is 39.3 Å². The number of hydrogen-bond donors (Lipinski definition) is 1. The number of hydrogen-bond acceptors (Lipinski definition) is 3. The SMILES string of the molecule is CCNCC1CCCN(S(=O)(=O)N(CC)CC)C1. The van der Waals surface area contributed by atoms with Gasteiger partial charge in [0.1, 0.15) is 0 Å². The minimum Gasteiger partial charge on any atom is -0.317 e. The highest BCUT2D eigenvalue weighted by Crippen LogP contribution is 2.20. The van der Waals surface area contributed by atoms with Gasteiger partial charge in [0, 0.05) is 26.2 Å². The Hall–Kier alpha value is -0.170. The fraction of sp³-hybridized carbons (Fsp3) is 1.00. The molecule has 0 aromatic heterocycles. The quantitative estimate of drug-likeness (QED) is 0.752. The van der Waals surface area contributed by atoms with Gasteiger partial charge in [0.15, 0.2) is 0 Å². The summed E-state index contributed by atoms with van der Waals surface area (Å²) in [6, 6.07) is 0. The third-order valence-corrected chi connectivity index (χ3v) is 5.68. The van der Waals surface area contributed by atoms with E-state index >= 15 is 0 Å².